The Labute approximate surface area is 147 Å². The van der Waals surface area contributed by atoms with Crippen LogP contribution in [0.1, 0.15) is 57.4 Å². The van der Waals surface area contributed by atoms with E-state index in [4.69, 9.17) is 4.74 Å². The van der Waals surface area contributed by atoms with Gasteiger partial charge < -0.3 is 9.84 Å². The second-order valence-electron chi connectivity index (χ2n) is 7.61. The van der Waals surface area contributed by atoms with Crippen molar-refractivity contribution in [1.29, 1.82) is 0 Å². The zero-order chi connectivity index (χ0) is 16.8. The highest BCUT2D eigenvalue weighted by Crippen LogP contribution is 2.33. The minimum absolute atomic E-state index is 0.0878. The van der Waals surface area contributed by atoms with Crippen molar-refractivity contribution in [3.63, 3.8) is 0 Å². The lowest BCUT2D eigenvalue weighted by Crippen LogP contribution is -2.49. The van der Waals surface area contributed by atoms with Crippen molar-refractivity contribution in [3.8, 4) is 0 Å². The van der Waals surface area contributed by atoms with Crippen molar-refractivity contribution < 1.29 is 9.84 Å². The van der Waals surface area contributed by atoms with Gasteiger partial charge in [-0.15, -0.1) is 0 Å². The third-order valence-electron chi connectivity index (χ3n) is 5.86. The summed E-state index contributed by atoms with van der Waals surface area (Å²) in [5.41, 5.74) is 1.26. The third-order valence-corrected chi connectivity index (χ3v) is 5.86. The van der Waals surface area contributed by atoms with Gasteiger partial charge >= 0.3 is 0 Å². The summed E-state index contributed by atoms with van der Waals surface area (Å²) in [5.74, 6) is 0.778. The molecule has 1 aromatic carbocycles. The van der Waals surface area contributed by atoms with Gasteiger partial charge in [0.05, 0.1) is 18.8 Å². The molecule has 0 radical (unpaired) electrons. The van der Waals surface area contributed by atoms with Gasteiger partial charge in [0.1, 0.15) is 0 Å². The highest BCUT2D eigenvalue weighted by molar-refractivity contribution is 5.13. The molecule has 3 rings (SSSR count). The van der Waals surface area contributed by atoms with Gasteiger partial charge in [-0.25, -0.2) is 0 Å². The first-order valence-electron chi connectivity index (χ1n) is 9.84. The fourth-order valence-electron chi connectivity index (χ4n) is 4.51. The molecule has 1 saturated heterocycles. The molecule has 3 atom stereocenters. The summed E-state index contributed by atoms with van der Waals surface area (Å²) in [4.78, 5) is 2.64. The molecule has 24 heavy (non-hydrogen) atoms. The van der Waals surface area contributed by atoms with Crippen molar-refractivity contribution >= 4 is 0 Å². The monoisotopic (exact) mass is 331 g/mol. The van der Waals surface area contributed by atoms with Crippen LogP contribution in [0, 0.1) is 5.92 Å². The van der Waals surface area contributed by atoms with Crippen molar-refractivity contribution in [3.05, 3.63) is 35.9 Å². The van der Waals surface area contributed by atoms with Crippen molar-refractivity contribution in [2.75, 3.05) is 13.1 Å². The number of ether oxygens (including phenoxy) is 1. The summed E-state index contributed by atoms with van der Waals surface area (Å²) < 4.78 is 6.12. The lowest BCUT2D eigenvalue weighted by molar-refractivity contribution is -0.0360. The Hall–Kier alpha value is -0.900. The molecule has 1 aromatic rings. The van der Waals surface area contributed by atoms with Gasteiger partial charge in [0.25, 0.3) is 0 Å². The zero-order valence-corrected chi connectivity index (χ0v) is 15.1. The molecular weight excluding hydrogens is 298 g/mol. The average molecular weight is 332 g/mol. The number of hydrogen-bond donors (Lipinski definition) is 1. The Kier molecular flexibility index (Phi) is 6.70. The molecule has 0 spiro atoms. The lowest BCUT2D eigenvalue weighted by Gasteiger charge is -2.44. The summed E-state index contributed by atoms with van der Waals surface area (Å²) in [6.45, 7) is 5.26. The molecule has 2 fully saturated rings. The van der Waals surface area contributed by atoms with Crippen molar-refractivity contribution in [2.24, 2.45) is 5.92 Å². The molecule has 3 nitrogen and oxygen atoms in total. The molecule has 1 N–H and O–H groups in total. The number of nitrogens with zero attached hydrogens (tertiary/aromatic N) is 1. The maximum Gasteiger partial charge on any atom is 0.0720 e. The lowest BCUT2D eigenvalue weighted by atomic mass is 9.79. The summed E-state index contributed by atoms with van der Waals surface area (Å²) in [6, 6.07) is 11.0. The van der Waals surface area contributed by atoms with Gasteiger partial charge in [-0.05, 0) is 50.0 Å². The number of aliphatic hydroxyl groups excluding tert-OH is 1. The van der Waals surface area contributed by atoms with Crippen LogP contribution in [0.3, 0.4) is 0 Å². The maximum atomic E-state index is 10.1. The van der Waals surface area contributed by atoms with Crippen LogP contribution in [0.4, 0.5) is 0 Å². The van der Waals surface area contributed by atoms with Gasteiger partial charge in [-0.2, -0.15) is 0 Å². The van der Waals surface area contributed by atoms with Crippen molar-refractivity contribution in [2.45, 2.75) is 76.7 Å². The first kappa shape index (κ1) is 17.9. The molecule has 2 aliphatic rings. The fraction of sp³-hybridized carbons (Fsp3) is 0.714. The molecule has 0 amide bonds. The van der Waals surface area contributed by atoms with E-state index in [1.54, 1.807) is 0 Å². The molecule has 134 valence electrons. The van der Waals surface area contributed by atoms with Gasteiger partial charge in [-0.3, -0.25) is 4.90 Å². The quantitative estimate of drug-likeness (QED) is 0.855. The second kappa shape index (κ2) is 8.98. The normalized spacial score (nSPS) is 29.7. The summed E-state index contributed by atoms with van der Waals surface area (Å²) in [6.07, 6.45) is 8.28. The van der Waals surface area contributed by atoms with Crippen LogP contribution >= 0.6 is 0 Å². The largest absolute Gasteiger partial charge is 0.393 e. The van der Waals surface area contributed by atoms with Gasteiger partial charge in [0.15, 0.2) is 0 Å². The predicted octanol–water partition coefficient (Wildman–Crippen LogP) is 4.00. The highest BCUT2D eigenvalue weighted by Gasteiger charge is 2.35. The first-order valence-corrected chi connectivity index (χ1v) is 9.84. The van der Waals surface area contributed by atoms with Gasteiger partial charge in [-0.1, -0.05) is 43.7 Å². The van der Waals surface area contributed by atoms with Crippen LogP contribution in [0.25, 0.3) is 0 Å². The molecule has 0 bridgehead atoms. The molecule has 1 saturated carbocycles. The summed E-state index contributed by atoms with van der Waals surface area (Å²) in [7, 11) is 0. The van der Waals surface area contributed by atoms with E-state index in [1.807, 2.05) is 6.07 Å². The Balaban J connectivity index is 1.46. The zero-order valence-electron chi connectivity index (χ0n) is 15.1. The van der Waals surface area contributed by atoms with E-state index in [1.165, 1.54) is 24.8 Å². The minimum Gasteiger partial charge on any atom is -0.393 e. The Morgan fingerprint density at radius 1 is 1.08 bits per heavy atom. The van der Waals surface area contributed by atoms with Crippen LogP contribution < -0.4 is 0 Å². The molecule has 1 aliphatic carbocycles. The fourth-order valence-corrected chi connectivity index (χ4v) is 4.51. The SMILES string of the molecule is CCCC1CCC(O)CC1N1CCC(OCc2ccccc2)CC1. The molecule has 3 heteroatoms. The number of piperidine rings is 1. The minimum atomic E-state index is -0.0878. The number of rotatable bonds is 6. The van der Waals surface area contributed by atoms with E-state index in [-0.39, 0.29) is 6.10 Å². The number of aliphatic hydroxyl groups is 1. The van der Waals surface area contributed by atoms with Crippen LogP contribution in [0.15, 0.2) is 30.3 Å². The van der Waals surface area contributed by atoms with E-state index < -0.39 is 0 Å². The van der Waals surface area contributed by atoms with Gasteiger partial charge in [0, 0.05) is 19.1 Å². The molecule has 1 aliphatic heterocycles. The average Bonchev–Trinajstić information content (AvgIpc) is 2.63. The standard InChI is InChI=1S/C21H33NO2/c1-2-6-18-9-10-19(23)15-21(18)22-13-11-20(12-14-22)24-16-17-7-4-3-5-8-17/h3-5,7-8,18-21,23H,2,6,9-16H2,1H3. The summed E-state index contributed by atoms with van der Waals surface area (Å²) >= 11 is 0. The predicted molar refractivity (Wildman–Crippen MR) is 97.9 cm³/mol. The molecular formula is C21H33NO2. The molecule has 3 unspecified atom stereocenters. The molecule has 0 aromatic heterocycles. The smallest absolute Gasteiger partial charge is 0.0720 e. The van der Waals surface area contributed by atoms with E-state index in [0.29, 0.717) is 12.1 Å². The first-order chi connectivity index (χ1) is 11.8. The number of benzene rings is 1. The Bertz CT molecular complexity index is 470. The topological polar surface area (TPSA) is 32.7 Å². The maximum absolute atomic E-state index is 10.1. The Morgan fingerprint density at radius 3 is 2.54 bits per heavy atom. The highest BCUT2D eigenvalue weighted by atomic mass is 16.5. The number of hydrogen-bond acceptors (Lipinski definition) is 3. The van der Waals surface area contributed by atoms with Crippen LogP contribution in [0.2, 0.25) is 0 Å². The van der Waals surface area contributed by atoms with E-state index >= 15 is 0 Å². The van der Waals surface area contributed by atoms with Crippen LogP contribution in [-0.4, -0.2) is 41.3 Å². The van der Waals surface area contributed by atoms with Crippen LogP contribution in [0.5, 0.6) is 0 Å². The Morgan fingerprint density at radius 2 is 1.83 bits per heavy atom. The summed E-state index contributed by atoms with van der Waals surface area (Å²) in [5, 5.41) is 10.1. The second-order valence-corrected chi connectivity index (χ2v) is 7.61. The number of likely N-dealkylation sites (tertiary alicyclic amines) is 1. The van der Waals surface area contributed by atoms with E-state index in [0.717, 1.165) is 51.3 Å². The van der Waals surface area contributed by atoms with Gasteiger partial charge in [0.2, 0.25) is 0 Å². The van der Waals surface area contributed by atoms with E-state index in [9.17, 15) is 5.11 Å². The van der Waals surface area contributed by atoms with E-state index in [2.05, 4.69) is 36.1 Å². The van der Waals surface area contributed by atoms with Crippen LogP contribution in [-0.2, 0) is 11.3 Å². The third kappa shape index (κ3) is 4.81. The molecule has 1 heterocycles. The van der Waals surface area contributed by atoms with Crippen molar-refractivity contribution in [1.82, 2.24) is 4.90 Å².